The van der Waals surface area contributed by atoms with Gasteiger partial charge in [-0.1, -0.05) is 17.3 Å². The van der Waals surface area contributed by atoms with Gasteiger partial charge < -0.3 is 19.9 Å². The number of hydrogen-bond acceptors (Lipinski definition) is 5. The van der Waals surface area contributed by atoms with E-state index < -0.39 is 0 Å². The maximum Gasteiger partial charge on any atom is 0.276 e. The van der Waals surface area contributed by atoms with E-state index in [1.807, 2.05) is 31.2 Å². The zero-order valence-corrected chi connectivity index (χ0v) is 12.2. The molecule has 0 saturated heterocycles. The standard InChI is InChI=1S/C15H19N3O3/c1-3-18(9-11-4-6-12(16)7-5-11)15(19)14-8-13(10-20-2)21-17-14/h4-8H,3,9-10,16H2,1-2H3. The van der Waals surface area contributed by atoms with E-state index in [-0.39, 0.29) is 5.91 Å². The summed E-state index contributed by atoms with van der Waals surface area (Å²) in [6.07, 6.45) is 0. The van der Waals surface area contributed by atoms with Gasteiger partial charge in [0.05, 0.1) is 0 Å². The number of carbonyl (C=O) groups excluding carboxylic acids is 1. The number of amides is 1. The fourth-order valence-corrected chi connectivity index (χ4v) is 1.96. The number of aromatic nitrogens is 1. The second kappa shape index (κ2) is 6.90. The average Bonchev–Trinajstić information content (AvgIpc) is 2.95. The van der Waals surface area contributed by atoms with Gasteiger partial charge in [-0.05, 0) is 24.6 Å². The summed E-state index contributed by atoms with van der Waals surface area (Å²) >= 11 is 0. The molecule has 0 spiro atoms. The quantitative estimate of drug-likeness (QED) is 0.823. The highest BCUT2D eigenvalue weighted by Gasteiger charge is 2.19. The zero-order valence-electron chi connectivity index (χ0n) is 12.2. The molecule has 2 N–H and O–H groups in total. The Morgan fingerprint density at radius 2 is 2.10 bits per heavy atom. The van der Waals surface area contributed by atoms with Crippen LogP contribution in [0.15, 0.2) is 34.9 Å². The van der Waals surface area contributed by atoms with Crippen molar-refractivity contribution in [3.05, 3.63) is 47.3 Å². The fraction of sp³-hybridized carbons (Fsp3) is 0.333. The molecule has 112 valence electrons. The summed E-state index contributed by atoms with van der Waals surface area (Å²) in [6.45, 7) is 3.30. The van der Waals surface area contributed by atoms with Gasteiger partial charge in [-0.2, -0.15) is 0 Å². The fourth-order valence-electron chi connectivity index (χ4n) is 1.96. The van der Waals surface area contributed by atoms with Crippen LogP contribution in [0.25, 0.3) is 0 Å². The topological polar surface area (TPSA) is 81.6 Å². The number of rotatable bonds is 6. The highest BCUT2D eigenvalue weighted by molar-refractivity contribution is 5.92. The van der Waals surface area contributed by atoms with Crippen molar-refractivity contribution in [3.63, 3.8) is 0 Å². The Morgan fingerprint density at radius 3 is 2.71 bits per heavy atom. The van der Waals surface area contributed by atoms with Crippen molar-refractivity contribution in [2.45, 2.75) is 20.1 Å². The number of nitrogens with zero attached hydrogens (tertiary/aromatic N) is 2. The third kappa shape index (κ3) is 3.82. The Labute approximate surface area is 123 Å². The molecule has 6 heteroatoms. The van der Waals surface area contributed by atoms with Crippen LogP contribution in [0.5, 0.6) is 0 Å². The first kappa shape index (κ1) is 15.1. The van der Waals surface area contributed by atoms with Gasteiger partial charge in [0.15, 0.2) is 11.5 Å². The summed E-state index contributed by atoms with van der Waals surface area (Å²) < 4.78 is 9.99. The number of carbonyl (C=O) groups is 1. The lowest BCUT2D eigenvalue weighted by molar-refractivity contribution is 0.0741. The Bertz CT molecular complexity index is 592. The van der Waals surface area contributed by atoms with Crippen molar-refractivity contribution in [3.8, 4) is 0 Å². The number of methoxy groups -OCH3 is 1. The second-order valence-electron chi connectivity index (χ2n) is 4.67. The van der Waals surface area contributed by atoms with Crippen LogP contribution in [-0.4, -0.2) is 29.6 Å². The molecule has 0 unspecified atom stereocenters. The molecule has 1 amide bonds. The van der Waals surface area contributed by atoms with Crippen molar-refractivity contribution in [1.82, 2.24) is 10.1 Å². The summed E-state index contributed by atoms with van der Waals surface area (Å²) in [5, 5.41) is 3.79. The predicted molar refractivity (Wildman–Crippen MR) is 78.5 cm³/mol. The third-order valence-electron chi connectivity index (χ3n) is 3.09. The van der Waals surface area contributed by atoms with Crippen molar-refractivity contribution in [1.29, 1.82) is 0 Å². The first-order valence-corrected chi connectivity index (χ1v) is 6.72. The van der Waals surface area contributed by atoms with Gasteiger partial charge in [0.1, 0.15) is 6.61 Å². The molecule has 0 atom stereocenters. The molecule has 0 fully saturated rings. The highest BCUT2D eigenvalue weighted by Crippen LogP contribution is 2.12. The Kier molecular flexibility index (Phi) is 4.94. The number of nitrogens with two attached hydrogens (primary N) is 1. The Hall–Kier alpha value is -2.34. The predicted octanol–water partition coefficient (Wildman–Crippen LogP) is 2.07. The van der Waals surface area contributed by atoms with E-state index in [9.17, 15) is 4.79 Å². The molecule has 1 heterocycles. The normalized spacial score (nSPS) is 10.6. The summed E-state index contributed by atoms with van der Waals surface area (Å²) in [6, 6.07) is 9.06. The minimum atomic E-state index is -0.166. The van der Waals surface area contributed by atoms with Crippen LogP contribution in [0.3, 0.4) is 0 Å². The number of nitrogen functional groups attached to an aromatic ring is 1. The molecule has 21 heavy (non-hydrogen) atoms. The smallest absolute Gasteiger partial charge is 0.276 e. The van der Waals surface area contributed by atoms with Crippen LogP contribution in [0.4, 0.5) is 5.69 Å². The van der Waals surface area contributed by atoms with E-state index in [1.54, 1.807) is 18.1 Å². The highest BCUT2D eigenvalue weighted by atomic mass is 16.5. The number of hydrogen-bond donors (Lipinski definition) is 1. The largest absolute Gasteiger partial charge is 0.399 e. The first-order chi connectivity index (χ1) is 10.1. The first-order valence-electron chi connectivity index (χ1n) is 6.72. The van der Waals surface area contributed by atoms with Crippen molar-refractivity contribution in [2.24, 2.45) is 0 Å². The molecule has 2 rings (SSSR count). The van der Waals surface area contributed by atoms with Crippen LogP contribution < -0.4 is 5.73 Å². The van der Waals surface area contributed by atoms with Gasteiger partial charge >= 0.3 is 0 Å². The molecule has 0 aliphatic heterocycles. The molecular weight excluding hydrogens is 270 g/mol. The summed E-state index contributed by atoms with van der Waals surface area (Å²) in [5.74, 6) is 0.366. The number of anilines is 1. The minimum Gasteiger partial charge on any atom is -0.399 e. The van der Waals surface area contributed by atoms with E-state index in [1.165, 1.54) is 0 Å². The molecule has 0 saturated carbocycles. The Morgan fingerprint density at radius 1 is 1.38 bits per heavy atom. The van der Waals surface area contributed by atoms with E-state index in [4.69, 9.17) is 15.0 Å². The van der Waals surface area contributed by atoms with Gasteiger partial charge in [0.2, 0.25) is 0 Å². The van der Waals surface area contributed by atoms with Gasteiger partial charge in [0, 0.05) is 32.0 Å². The van der Waals surface area contributed by atoms with Crippen LogP contribution >= 0.6 is 0 Å². The molecular formula is C15H19N3O3. The molecule has 1 aromatic carbocycles. The van der Waals surface area contributed by atoms with Crippen LogP contribution in [0.1, 0.15) is 28.7 Å². The Balaban J connectivity index is 2.08. The van der Waals surface area contributed by atoms with Crippen LogP contribution in [-0.2, 0) is 17.9 Å². The lowest BCUT2D eigenvalue weighted by Crippen LogP contribution is -2.30. The average molecular weight is 289 g/mol. The van der Waals surface area contributed by atoms with Crippen LogP contribution in [0, 0.1) is 0 Å². The SMILES string of the molecule is CCN(Cc1ccc(N)cc1)C(=O)c1cc(COC)on1. The molecule has 0 bridgehead atoms. The lowest BCUT2D eigenvalue weighted by atomic mass is 10.2. The van der Waals surface area contributed by atoms with E-state index in [0.29, 0.717) is 36.8 Å². The van der Waals surface area contributed by atoms with Crippen molar-refractivity contribution < 1.29 is 14.1 Å². The van der Waals surface area contributed by atoms with E-state index in [0.717, 1.165) is 5.56 Å². The summed E-state index contributed by atoms with van der Waals surface area (Å²) in [5.41, 5.74) is 7.66. The third-order valence-corrected chi connectivity index (χ3v) is 3.09. The van der Waals surface area contributed by atoms with E-state index >= 15 is 0 Å². The summed E-state index contributed by atoms with van der Waals surface area (Å²) in [4.78, 5) is 14.1. The molecule has 6 nitrogen and oxygen atoms in total. The number of benzene rings is 1. The molecule has 0 radical (unpaired) electrons. The lowest BCUT2D eigenvalue weighted by Gasteiger charge is -2.19. The van der Waals surface area contributed by atoms with Crippen LogP contribution in [0.2, 0.25) is 0 Å². The zero-order chi connectivity index (χ0) is 15.2. The molecule has 0 aliphatic rings. The van der Waals surface area contributed by atoms with Gasteiger partial charge in [0.25, 0.3) is 5.91 Å². The van der Waals surface area contributed by atoms with Crippen molar-refractivity contribution >= 4 is 11.6 Å². The molecule has 2 aromatic rings. The van der Waals surface area contributed by atoms with Gasteiger partial charge in [-0.15, -0.1) is 0 Å². The maximum atomic E-state index is 12.4. The van der Waals surface area contributed by atoms with Crippen molar-refractivity contribution in [2.75, 3.05) is 19.4 Å². The summed E-state index contributed by atoms with van der Waals surface area (Å²) in [7, 11) is 1.56. The second-order valence-corrected chi connectivity index (χ2v) is 4.67. The van der Waals surface area contributed by atoms with Gasteiger partial charge in [-0.3, -0.25) is 4.79 Å². The number of ether oxygens (including phenoxy) is 1. The molecule has 0 aliphatic carbocycles. The van der Waals surface area contributed by atoms with Gasteiger partial charge in [-0.25, -0.2) is 0 Å². The maximum absolute atomic E-state index is 12.4. The van der Waals surface area contributed by atoms with E-state index in [2.05, 4.69) is 5.16 Å². The minimum absolute atomic E-state index is 0.166. The molecule has 1 aromatic heterocycles. The monoisotopic (exact) mass is 289 g/mol.